The first kappa shape index (κ1) is 16.9. The van der Waals surface area contributed by atoms with E-state index in [1.807, 2.05) is 0 Å². The molecule has 0 saturated heterocycles. The van der Waals surface area contributed by atoms with E-state index in [1.54, 1.807) is 0 Å². The molecule has 0 aromatic carbocycles. The molecule has 0 bridgehead atoms. The third-order valence-electron chi connectivity index (χ3n) is 4.01. The second kappa shape index (κ2) is 10.6. The summed E-state index contributed by atoms with van der Waals surface area (Å²) in [5.41, 5.74) is 6.20. The predicted octanol–water partition coefficient (Wildman–Crippen LogP) is 2.36. The molecule has 1 aliphatic rings. The molecule has 0 heterocycles. The topological polar surface area (TPSA) is 53.7 Å². The van der Waals surface area contributed by atoms with Crippen LogP contribution in [0.2, 0.25) is 0 Å². The highest BCUT2D eigenvalue weighted by Crippen LogP contribution is 2.42. The molecule has 4 heteroatoms. The SMILES string of the molecule is CCCCOCCOCCOCCC1(CN)CCC1. The zero-order valence-corrected chi connectivity index (χ0v) is 12.5. The minimum Gasteiger partial charge on any atom is -0.379 e. The fourth-order valence-corrected chi connectivity index (χ4v) is 2.31. The van der Waals surface area contributed by atoms with Crippen molar-refractivity contribution in [2.75, 3.05) is 46.2 Å². The summed E-state index contributed by atoms with van der Waals surface area (Å²) in [4.78, 5) is 0. The normalized spacial score (nSPS) is 17.4. The lowest BCUT2D eigenvalue weighted by atomic mass is 9.67. The Bertz CT molecular complexity index is 202. The Morgan fingerprint density at radius 2 is 1.47 bits per heavy atom. The van der Waals surface area contributed by atoms with Crippen molar-refractivity contribution < 1.29 is 14.2 Å². The highest BCUT2D eigenvalue weighted by atomic mass is 16.5. The van der Waals surface area contributed by atoms with Crippen LogP contribution in [0.4, 0.5) is 0 Å². The van der Waals surface area contributed by atoms with Gasteiger partial charge in [0.1, 0.15) is 0 Å². The maximum absolute atomic E-state index is 5.81. The highest BCUT2D eigenvalue weighted by Gasteiger charge is 2.34. The molecule has 1 saturated carbocycles. The van der Waals surface area contributed by atoms with Gasteiger partial charge >= 0.3 is 0 Å². The third-order valence-corrected chi connectivity index (χ3v) is 4.01. The zero-order chi connectivity index (χ0) is 13.8. The van der Waals surface area contributed by atoms with Crippen LogP contribution in [0.5, 0.6) is 0 Å². The Labute approximate surface area is 118 Å². The summed E-state index contributed by atoms with van der Waals surface area (Å²) >= 11 is 0. The molecule has 0 spiro atoms. The smallest absolute Gasteiger partial charge is 0.0701 e. The van der Waals surface area contributed by atoms with Crippen LogP contribution in [0.25, 0.3) is 0 Å². The second-order valence-electron chi connectivity index (χ2n) is 5.50. The fourth-order valence-electron chi connectivity index (χ4n) is 2.31. The third kappa shape index (κ3) is 7.25. The summed E-state index contributed by atoms with van der Waals surface area (Å²) in [6, 6.07) is 0. The first-order valence-corrected chi connectivity index (χ1v) is 7.76. The molecule has 1 rings (SSSR count). The van der Waals surface area contributed by atoms with Crippen LogP contribution in [-0.4, -0.2) is 46.2 Å². The Hall–Kier alpha value is -0.160. The van der Waals surface area contributed by atoms with Gasteiger partial charge < -0.3 is 19.9 Å². The molecule has 114 valence electrons. The maximum atomic E-state index is 5.81. The molecule has 2 N–H and O–H groups in total. The number of hydrogen-bond acceptors (Lipinski definition) is 4. The molecular formula is C15H31NO3. The molecule has 0 unspecified atom stereocenters. The molecule has 0 aromatic heterocycles. The van der Waals surface area contributed by atoms with Gasteiger partial charge in [-0.1, -0.05) is 19.8 Å². The molecule has 0 aromatic rings. The van der Waals surface area contributed by atoms with Crippen LogP contribution < -0.4 is 5.73 Å². The van der Waals surface area contributed by atoms with E-state index in [0.29, 0.717) is 31.8 Å². The van der Waals surface area contributed by atoms with Gasteiger partial charge in [0, 0.05) is 13.2 Å². The summed E-state index contributed by atoms with van der Waals surface area (Å²) in [5.74, 6) is 0. The van der Waals surface area contributed by atoms with Gasteiger partial charge in [0.15, 0.2) is 0 Å². The largest absolute Gasteiger partial charge is 0.379 e. The lowest BCUT2D eigenvalue weighted by Crippen LogP contribution is -2.38. The predicted molar refractivity (Wildman–Crippen MR) is 77.3 cm³/mol. The Balaban J connectivity index is 1.76. The van der Waals surface area contributed by atoms with Gasteiger partial charge in [-0.25, -0.2) is 0 Å². The van der Waals surface area contributed by atoms with E-state index in [2.05, 4.69) is 6.92 Å². The van der Waals surface area contributed by atoms with Crippen LogP contribution in [0.1, 0.15) is 45.4 Å². The highest BCUT2D eigenvalue weighted by molar-refractivity contribution is 4.88. The van der Waals surface area contributed by atoms with E-state index >= 15 is 0 Å². The van der Waals surface area contributed by atoms with Crippen molar-refractivity contribution in [3.8, 4) is 0 Å². The van der Waals surface area contributed by atoms with E-state index in [1.165, 1.54) is 25.7 Å². The Morgan fingerprint density at radius 1 is 0.895 bits per heavy atom. The van der Waals surface area contributed by atoms with Crippen molar-refractivity contribution in [2.45, 2.75) is 45.4 Å². The van der Waals surface area contributed by atoms with E-state index in [-0.39, 0.29) is 0 Å². The monoisotopic (exact) mass is 273 g/mol. The molecule has 19 heavy (non-hydrogen) atoms. The molecular weight excluding hydrogens is 242 g/mol. The number of rotatable bonds is 13. The first-order valence-electron chi connectivity index (χ1n) is 7.76. The lowest BCUT2D eigenvalue weighted by molar-refractivity contribution is 0.00127. The van der Waals surface area contributed by atoms with E-state index in [9.17, 15) is 0 Å². The van der Waals surface area contributed by atoms with E-state index < -0.39 is 0 Å². The van der Waals surface area contributed by atoms with Crippen molar-refractivity contribution in [2.24, 2.45) is 11.1 Å². The number of ether oxygens (including phenoxy) is 3. The summed E-state index contributed by atoms with van der Waals surface area (Å²) < 4.78 is 16.4. The van der Waals surface area contributed by atoms with Gasteiger partial charge in [-0.05, 0) is 37.6 Å². The standard InChI is InChI=1S/C15H31NO3/c1-2-3-8-17-10-12-19-13-11-18-9-7-15(14-16)5-4-6-15/h2-14,16H2,1H3. The minimum atomic E-state index is 0.397. The van der Waals surface area contributed by atoms with Crippen molar-refractivity contribution >= 4 is 0 Å². The average Bonchev–Trinajstić information content (AvgIpc) is 2.38. The Morgan fingerprint density at radius 3 is 1.95 bits per heavy atom. The van der Waals surface area contributed by atoms with Gasteiger partial charge in [-0.3, -0.25) is 0 Å². The Kier molecular flexibility index (Phi) is 9.43. The van der Waals surface area contributed by atoms with Crippen molar-refractivity contribution in [1.82, 2.24) is 0 Å². The van der Waals surface area contributed by atoms with Gasteiger partial charge in [0.25, 0.3) is 0 Å². The van der Waals surface area contributed by atoms with Crippen LogP contribution >= 0.6 is 0 Å². The van der Waals surface area contributed by atoms with Crippen LogP contribution in [-0.2, 0) is 14.2 Å². The molecule has 4 nitrogen and oxygen atoms in total. The molecule has 0 radical (unpaired) electrons. The van der Waals surface area contributed by atoms with E-state index in [0.717, 1.165) is 32.6 Å². The fraction of sp³-hybridized carbons (Fsp3) is 1.00. The first-order chi connectivity index (χ1) is 9.33. The number of hydrogen-bond donors (Lipinski definition) is 1. The second-order valence-corrected chi connectivity index (χ2v) is 5.50. The van der Waals surface area contributed by atoms with Crippen LogP contribution in [0.3, 0.4) is 0 Å². The molecule has 0 atom stereocenters. The minimum absolute atomic E-state index is 0.397. The summed E-state index contributed by atoms with van der Waals surface area (Å²) in [7, 11) is 0. The zero-order valence-electron chi connectivity index (χ0n) is 12.5. The lowest BCUT2D eigenvalue weighted by Gasteiger charge is -2.41. The summed E-state index contributed by atoms with van der Waals surface area (Å²) in [6.45, 7) is 7.32. The average molecular weight is 273 g/mol. The number of unbranched alkanes of at least 4 members (excludes halogenated alkanes) is 1. The number of nitrogens with two attached hydrogens (primary N) is 1. The van der Waals surface area contributed by atoms with Crippen LogP contribution in [0, 0.1) is 5.41 Å². The van der Waals surface area contributed by atoms with Gasteiger partial charge in [0.2, 0.25) is 0 Å². The molecule has 1 aliphatic carbocycles. The van der Waals surface area contributed by atoms with E-state index in [4.69, 9.17) is 19.9 Å². The van der Waals surface area contributed by atoms with Crippen molar-refractivity contribution in [3.63, 3.8) is 0 Å². The molecule has 1 fully saturated rings. The maximum Gasteiger partial charge on any atom is 0.0701 e. The van der Waals surface area contributed by atoms with Gasteiger partial charge in [-0.2, -0.15) is 0 Å². The van der Waals surface area contributed by atoms with Crippen molar-refractivity contribution in [1.29, 1.82) is 0 Å². The van der Waals surface area contributed by atoms with Gasteiger partial charge in [0.05, 0.1) is 26.4 Å². The summed E-state index contributed by atoms with van der Waals surface area (Å²) in [5, 5.41) is 0. The van der Waals surface area contributed by atoms with Gasteiger partial charge in [-0.15, -0.1) is 0 Å². The molecule has 0 amide bonds. The molecule has 0 aliphatic heterocycles. The quantitative estimate of drug-likeness (QED) is 0.523. The summed E-state index contributed by atoms with van der Waals surface area (Å²) in [6.07, 6.45) is 7.30. The van der Waals surface area contributed by atoms with Crippen molar-refractivity contribution in [3.05, 3.63) is 0 Å². The van der Waals surface area contributed by atoms with Crippen LogP contribution in [0.15, 0.2) is 0 Å².